The van der Waals surface area contributed by atoms with Crippen LogP contribution in [0.4, 0.5) is 13.2 Å². The van der Waals surface area contributed by atoms with Crippen molar-refractivity contribution in [1.82, 2.24) is 24.6 Å². The van der Waals surface area contributed by atoms with E-state index >= 15 is 0 Å². The molecule has 0 fully saturated rings. The van der Waals surface area contributed by atoms with Crippen LogP contribution in [-0.2, 0) is 6.18 Å². The van der Waals surface area contributed by atoms with Gasteiger partial charge in [0, 0.05) is 6.20 Å². The molecule has 10 heteroatoms. The summed E-state index contributed by atoms with van der Waals surface area (Å²) in [6.07, 6.45) is -2.23. The standard InChI is InChI=1S/C11H4Cl2F3N5/c12-8-6(9(13)21-10(20-8)18-4-19-21)7-5(11(14,15)16)2-1-3-17-7/h1-4H. The fourth-order valence-electron chi connectivity index (χ4n) is 1.81. The van der Waals surface area contributed by atoms with Crippen LogP contribution in [0, 0.1) is 0 Å². The molecule has 0 aliphatic carbocycles. The second-order valence-corrected chi connectivity index (χ2v) is 4.65. The zero-order valence-electron chi connectivity index (χ0n) is 9.94. The van der Waals surface area contributed by atoms with Crippen molar-refractivity contribution in [2.24, 2.45) is 0 Å². The number of rotatable bonds is 1. The van der Waals surface area contributed by atoms with Gasteiger partial charge in [0.2, 0.25) is 0 Å². The predicted molar refractivity (Wildman–Crippen MR) is 69.0 cm³/mol. The van der Waals surface area contributed by atoms with Crippen LogP contribution >= 0.6 is 23.2 Å². The van der Waals surface area contributed by atoms with Crippen LogP contribution in [0.25, 0.3) is 17.0 Å². The number of hydrogen-bond acceptors (Lipinski definition) is 4. The molecule has 3 aromatic rings. The minimum Gasteiger partial charge on any atom is -0.255 e. The number of fused-ring (bicyclic) bond motifs is 1. The molecule has 0 radical (unpaired) electrons. The number of halogens is 5. The number of aromatic nitrogens is 5. The molecule has 5 nitrogen and oxygen atoms in total. The van der Waals surface area contributed by atoms with Gasteiger partial charge in [0.05, 0.1) is 16.8 Å². The first kappa shape index (κ1) is 14.0. The molecule has 3 rings (SSSR count). The first-order chi connectivity index (χ1) is 9.89. The van der Waals surface area contributed by atoms with Gasteiger partial charge in [-0.25, -0.2) is 0 Å². The molecule has 0 aliphatic heterocycles. The maximum atomic E-state index is 13.1. The third kappa shape index (κ3) is 2.30. The molecule has 0 aromatic carbocycles. The Morgan fingerprint density at radius 1 is 1.14 bits per heavy atom. The smallest absolute Gasteiger partial charge is 0.255 e. The van der Waals surface area contributed by atoms with E-state index in [4.69, 9.17) is 23.2 Å². The Morgan fingerprint density at radius 2 is 1.90 bits per heavy atom. The van der Waals surface area contributed by atoms with Crippen molar-refractivity contribution >= 4 is 29.0 Å². The summed E-state index contributed by atoms with van der Waals surface area (Å²) in [7, 11) is 0. The third-order valence-corrected chi connectivity index (χ3v) is 3.30. The predicted octanol–water partition coefficient (Wildman–Crippen LogP) is 3.51. The maximum absolute atomic E-state index is 13.1. The molecular formula is C11H4Cl2F3N5. The zero-order chi connectivity index (χ0) is 15.2. The number of alkyl halides is 3. The van der Waals surface area contributed by atoms with Crippen LogP contribution in [-0.4, -0.2) is 24.6 Å². The summed E-state index contributed by atoms with van der Waals surface area (Å²) in [5, 5.41) is 3.40. The quantitative estimate of drug-likeness (QED) is 0.639. The van der Waals surface area contributed by atoms with E-state index in [1.54, 1.807) is 0 Å². The highest BCUT2D eigenvalue weighted by Gasteiger charge is 2.36. The largest absolute Gasteiger partial charge is 0.418 e. The van der Waals surface area contributed by atoms with Gasteiger partial charge in [0.15, 0.2) is 0 Å². The molecule has 3 heterocycles. The molecule has 0 aliphatic rings. The van der Waals surface area contributed by atoms with Crippen LogP contribution in [0.2, 0.25) is 10.3 Å². The molecule has 21 heavy (non-hydrogen) atoms. The molecule has 0 N–H and O–H groups in total. The lowest BCUT2D eigenvalue weighted by atomic mass is 10.1. The Hall–Kier alpha value is -1.93. The van der Waals surface area contributed by atoms with Gasteiger partial charge in [0.25, 0.3) is 5.78 Å². The van der Waals surface area contributed by atoms with Gasteiger partial charge in [-0.2, -0.15) is 32.8 Å². The van der Waals surface area contributed by atoms with E-state index in [-0.39, 0.29) is 21.6 Å². The van der Waals surface area contributed by atoms with E-state index in [1.165, 1.54) is 12.3 Å². The Bertz CT molecular complexity index is 830. The van der Waals surface area contributed by atoms with Gasteiger partial charge in [0.1, 0.15) is 16.6 Å². The van der Waals surface area contributed by atoms with Crippen molar-refractivity contribution < 1.29 is 13.2 Å². The minimum absolute atomic E-state index is 0.0817. The van der Waals surface area contributed by atoms with Gasteiger partial charge < -0.3 is 0 Å². The van der Waals surface area contributed by atoms with Crippen LogP contribution in [0.15, 0.2) is 24.7 Å². The zero-order valence-corrected chi connectivity index (χ0v) is 11.4. The normalized spacial score (nSPS) is 12.0. The maximum Gasteiger partial charge on any atom is 0.418 e. The molecule has 0 atom stereocenters. The summed E-state index contributed by atoms with van der Waals surface area (Å²) in [5.41, 5.74) is -1.52. The fourth-order valence-corrected chi connectivity index (χ4v) is 2.41. The van der Waals surface area contributed by atoms with Gasteiger partial charge in [-0.3, -0.25) is 4.98 Å². The average Bonchev–Trinajstić information content (AvgIpc) is 2.86. The highest BCUT2D eigenvalue weighted by Crippen LogP contribution is 2.40. The first-order valence-corrected chi connectivity index (χ1v) is 6.22. The van der Waals surface area contributed by atoms with Crippen LogP contribution in [0.5, 0.6) is 0 Å². The van der Waals surface area contributed by atoms with Crippen molar-refractivity contribution in [1.29, 1.82) is 0 Å². The van der Waals surface area contributed by atoms with E-state index in [2.05, 4.69) is 20.1 Å². The van der Waals surface area contributed by atoms with Gasteiger partial charge in [-0.1, -0.05) is 23.2 Å². The summed E-state index contributed by atoms with van der Waals surface area (Å²) < 4.78 is 40.3. The van der Waals surface area contributed by atoms with E-state index in [0.29, 0.717) is 0 Å². The van der Waals surface area contributed by atoms with Crippen LogP contribution in [0.1, 0.15) is 5.56 Å². The summed E-state index contributed by atoms with van der Waals surface area (Å²) in [4.78, 5) is 11.4. The fraction of sp³-hybridized carbons (Fsp3) is 0.0909. The summed E-state index contributed by atoms with van der Waals surface area (Å²) >= 11 is 12.0. The second kappa shape index (κ2) is 4.81. The van der Waals surface area contributed by atoms with Gasteiger partial charge >= 0.3 is 6.18 Å². The van der Waals surface area contributed by atoms with Crippen molar-refractivity contribution in [3.8, 4) is 11.3 Å². The van der Waals surface area contributed by atoms with Crippen molar-refractivity contribution in [2.75, 3.05) is 0 Å². The Morgan fingerprint density at radius 3 is 2.62 bits per heavy atom. The molecule has 108 valence electrons. The topological polar surface area (TPSA) is 56.0 Å². The lowest BCUT2D eigenvalue weighted by Crippen LogP contribution is -2.09. The van der Waals surface area contributed by atoms with E-state index in [0.717, 1.165) is 16.9 Å². The molecule has 0 unspecified atom stereocenters. The van der Waals surface area contributed by atoms with Crippen molar-refractivity contribution in [2.45, 2.75) is 6.18 Å². The minimum atomic E-state index is -4.60. The van der Waals surface area contributed by atoms with Crippen LogP contribution < -0.4 is 0 Å². The lowest BCUT2D eigenvalue weighted by Gasteiger charge is -2.13. The van der Waals surface area contributed by atoms with Crippen LogP contribution in [0.3, 0.4) is 0 Å². The van der Waals surface area contributed by atoms with Crippen molar-refractivity contribution in [3.63, 3.8) is 0 Å². The summed E-state index contributed by atoms with van der Waals surface area (Å²) in [6, 6.07) is 2.07. The second-order valence-electron chi connectivity index (χ2n) is 3.94. The average molecular weight is 334 g/mol. The SMILES string of the molecule is FC(F)(F)c1cccnc1-c1c(Cl)nc2ncnn2c1Cl. The lowest BCUT2D eigenvalue weighted by molar-refractivity contribution is -0.137. The van der Waals surface area contributed by atoms with Gasteiger partial charge in [-0.05, 0) is 12.1 Å². The molecule has 0 saturated heterocycles. The highest BCUT2D eigenvalue weighted by molar-refractivity contribution is 6.38. The number of nitrogens with zero attached hydrogens (tertiary/aromatic N) is 5. The Balaban J connectivity index is 2.36. The number of hydrogen-bond donors (Lipinski definition) is 0. The Kier molecular flexibility index (Phi) is 3.22. The van der Waals surface area contributed by atoms with Crippen molar-refractivity contribution in [3.05, 3.63) is 40.5 Å². The molecular weight excluding hydrogens is 330 g/mol. The monoisotopic (exact) mass is 333 g/mol. The number of pyridine rings is 1. The molecule has 0 spiro atoms. The molecule has 0 bridgehead atoms. The third-order valence-electron chi connectivity index (χ3n) is 2.68. The van der Waals surface area contributed by atoms with Gasteiger partial charge in [-0.15, -0.1) is 0 Å². The summed E-state index contributed by atoms with van der Waals surface area (Å²) in [5.74, 6) is 0.0817. The molecule has 0 saturated carbocycles. The summed E-state index contributed by atoms with van der Waals surface area (Å²) in [6.45, 7) is 0. The van der Waals surface area contributed by atoms with E-state index in [9.17, 15) is 13.2 Å². The first-order valence-electron chi connectivity index (χ1n) is 5.47. The molecule has 3 aromatic heterocycles. The molecule has 0 amide bonds. The highest BCUT2D eigenvalue weighted by atomic mass is 35.5. The van der Waals surface area contributed by atoms with E-state index in [1.807, 2.05) is 0 Å². The Labute approximate surface area is 125 Å². The van der Waals surface area contributed by atoms with E-state index < -0.39 is 17.4 Å².